The van der Waals surface area contributed by atoms with Crippen molar-refractivity contribution in [2.75, 3.05) is 18.1 Å². The van der Waals surface area contributed by atoms with E-state index in [0.29, 0.717) is 28.3 Å². The highest BCUT2D eigenvalue weighted by Gasteiger charge is 2.28. The van der Waals surface area contributed by atoms with Crippen molar-refractivity contribution in [2.45, 2.75) is 12.5 Å². The summed E-state index contributed by atoms with van der Waals surface area (Å²) < 4.78 is 28.2. The first kappa shape index (κ1) is 19.4. The van der Waals surface area contributed by atoms with Crippen LogP contribution in [0.25, 0.3) is 0 Å². The van der Waals surface area contributed by atoms with E-state index in [1.54, 1.807) is 48.5 Å². The summed E-state index contributed by atoms with van der Waals surface area (Å²) in [6.45, 7) is -0.221. The SMILES string of the molecule is O=C(COc1ccc(C(=O)c2ccc(Cl)cc2)cc1)N[C@H]1CCS(=O)(=O)C1. The number of sulfone groups is 1. The van der Waals surface area contributed by atoms with Crippen LogP contribution in [0.1, 0.15) is 22.3 Å². The van der Waals surface area contributed by atoms with Gasteiger partial charge >= 0.3 is 0 Å². The third kappa shape index (κ3) is 5.30. The zero-order chi connectivity index (χ0) is 19.4. The Morgan fingerprint density at radius 3 is 2.19 bits per heavy atom. The highest BCUT2D eigenvalue weighted by atomic mass is 35.5. The summed E-state index contributed by atoms with van der Waals surface area (Å²) in [5.41, 5.74) is 1.02. The van der Waals surface area contributed by atoms with E-state index in [-0.39, 0.29) is 35.8 Å². The molecule has 1 aliphatic heterocycles. The molecule has 1 amide bonds. The lowest BCUT2D eigenvalue weighted by Crippen LogP contribution is -2.38. The molecule has 1 atom stereocenters. The quantitative estimate of drug-likeness (QED) is 0.742. The zero-order valence-corrected chi connectivity index (χ0v) is 15.9. The third-order valence-corrected chi connectivity index (χ3v) is 6.21. The Bertz CT molecular complexity index is 939. The molecule has 142 valence electrons. The van der Waals surface area contributed by atoms with Gasteiger partial charge in [0.15, 0.2) is 22.2 Å². The van der Waals surface area contributed by atoms with Crippen LogP contribution in [0.4, 0.5) is 0 Å². The molecule has 0 aliphatic carbocycles. The molecule has 2 aromatic carbocycles. The van der Waals surface area contributed by atoms with E-state index in [2.05, 4.69) is 5.32 Å². The van der Waals surface area contributed by atoms with Gasteiger partial charge in [-0.15, -0.1) is 0 Å². The van der Waals surface area contributed by atoms with Gasteiger partial charge in [0, 0.05) is 22.2 Å². The van der Waals surface area contributed by atoms with Crippen molar-refractivity contribution in [1.29, 1.82) is 0 Å². The zero-order valence-electron chi connectivity index (χ0n) is 14.4. The molecular weight excluding hydrogens is 390 g/mol. The number of hydrogen-bond donors (Lipinski definition) is 1. The summed E-state index contributed by atoms with van der Waals surface area (Å²) >= 11 is 5.82. The van der Waals surface area contributed by atoms with Crippen molar-refractivity contribution in [3.05, 3.63) is 64.7 Å². The minimum atomic E-state index is -3.04. The maximum Gasteiger partial charge on any atom is 0.258 e. The largest absolute Gasteiger partial charge is 0.484 e. The normalized spacial score (nSPS) is 18.0. The molecule has 27 heavy (non-hydrogen) atoms. The Morgan fingerprint density at radius 2 is 1.63 bits per heavy atom. The number of benzene rings is 2. The predicted octanol–water partition coefficient (Wildman–Crippen LogP) is 2.25. The van der Waals surface area contributed by atoms with E-state index in [0.717, 1.165) is 0 Å². The summed E-state index contributed by atoms with van der Waals surface area (Å²) in [6.07, 6.45) is 0.426. The molecule has 3 rings (SSSR count). The van der Waals surface area contributed by atoms with E-state index in [1.807, 2.05) is 0 Å². The molecule has 0 radical (unpaired) electrons. The van der Waals surface area contributed by atoms with Crippen molar-refractivity contribution in [3.63, 3.8) is 0 Å². The lowest BCUT2D eigenvalue weighted by molar-refractivity contribution is -0.123. The lowest BCUT2D eigenvalue weighted by atomic mass is 10.0. The molecule has 0 aromatic heterocycles. The van der Waals surface area contributed by atoms with Crippen LogP contribution in [0.2, 0.25) is 5.02 Å². The standard InChI is InChI=1S/C19H18ClNO5S/c20-15-5-1-13(2-6-15)19(23)14-3-7-17(8-4-14)26-11-18(22)21-16-9-10-27(24,25)12-16/h1-8,16H,9-12H2,(H,21,22)/t16-/m0/s1. The predicted molar refractivity (Wildman–Crippen MR) is 102 cm³/mol. The monoisotopic (exact) mass is 407 g/mol. The number of ether oxygens (including phenoxy) is 1. The Kier molecular flexibility index (Phi) is 5.82. The van der Waals surface area contributed by atoms with E-state index < -0.39 is 9.84 Å². The number of hydrogen-bond acceptors (Lipinski definition) is 5. The van der Waals surface area contributed by atoms with Crippen molar-refractivity contribution >= 4 is 33.1 Å². The third-order valence-electron chi connectivity index (χ3n) is 4.19. The van der Waals surface area contributed by atoms with Gasteiger partial charge < -0.3 is 10.1 Å². The molecule has 1 heterocycles. The van der Waals surface area contributed by atoms with Crippen LogP contribution >= 0.6 is 11.6 Å². The van der Waals surface area contributed by atoms with Crippen LogP contribution in [0.5, 0.6) is 5.75 Å². The smallest absolute Gasteiger partial charge is 0.258 e. The average molecular weight is 408 g/mol. The van der Waals surface area contributed by atoms with Crippen molar-refractivity contribution in [2.24, 2.45) is 0 Å². The van der Waals surface area contributed by atoms with Crippen molar-refractivity contribution in [1.82, 2.24) is 5.32 Å². The van der Waals surface area contributed by atoms with Crippen LogP contribution in [0.15, 0.2) is 48.5 Å². The van der Waals surface area contributed by atoms with Gasteiger partial charge in [-0.2, -0.15) is 0 Å². The summed E-state index contributed by atoms with van der Waals surface area (Å²) in [5.74, 6) is -0.00372. The van der Waals surface area contributed by atoms with Gasteiger partial charge in [-0.25, -0.2) is 8.42 Å². The van der Waals surface area contributed by atoms with Gasteiger partial charge in [-0.3, -0.25) is 9.59 Å². The number of halogens is 1. The topological polar surface area (TPSA) is 89.5 Å². The number of amides is 1. The highest BCUT2D eigenvalue weighted by molar-refractivity contribution is 7.91. The maximum absolute atomic E-state index is 12.4. The fourth-order valence-corrected chi connectivity index (χ4v) is 4.60. The van der Waals surface area contributed by atoms with Gasteiger partial charge in [0.2, 0.25) is 0 Å². The number of carbonyl (C=O) groups is 2. The Labute approximate surface area is 162 Å². The fraction of sp³-hybridized carbons (Fsp3) is 0.263. The molecule has 8 heteroatoms. The van der Waals surface area contributed by atoms with Crippen LogP contribution in [-0.4, -0.2) is 44.3 Å². The minimum absolute atomic E-state index is 0.0275. The summed E-state index contributed by atoms with van der Waals surface area (Å²) in [7, 11) is -3.04. The van der Waals surface area contributed by atoms with Crippen LogP contribution in [-0.2, 0) is 14.6 Å². The van der Waals surface area contributed by atoms with Crippen LogP contribution in [0.3, 0.4) is 0 Å². The highest BCUT2D eigenvalue weighted by Crippen LogP contribution is 2.17. The van der Waals surface area contributed by atoms with Crippen molar-refractivity contribution in [3.8, 4) is 5.75 Å². The number of rotatable bonds is 6. The van der Waals surface area contributed by atoms with Crippen LogP contribution in [0, 0.1) is 0 Å². The Balaban J connectivity index is 1.52. The first-order valence-corrected chi connectivity index (χ1v) is 10.6. The van der Waals surface area contributed by atoms with Gasteiger partial charge in [-0.1, -0.05) is 11.6 Å². The number of carbonyl (C=O) groups excluding carboxylic acids is 2. The average Bonchev–Trinajstić information content (AvgIpc) is 2.99. The minimum Gasteiger partial charge on any atom is -0.484 e. The molecule has 0 bridgehead atoms. The molecule has 1 saturated heterocycles. The van der Waals surface area contributed by atoms with Crippen molar-refractivity contribution < 1.29 is 22.7 Å². The number of ketones is 1. The second-order valence-corrected chi connectivity index (χ2v) is 8.98. The first-order chi connectivity index (χ1) is 12.8. The fourth-order valence-electron chi connectivity index (χ4n) is 2.80. The molecule has 6 nitrogen and oxygen atoms in total. The van der Waals surface area contributed by atoms with E-state index in [1.165, 1.54) is 0 Å². The second-order valence-electron chi connectivity index (χ2n) is 6.32. The molecule has 0 spiro atoms. The number of nitrogens with one attached hydrogen (secondary N) is 1. The molecule has 0 unspecified atom stereocenters. The second kappa shape index (κ2) is 8.10. The summed E-state index contributed by atoms with van der Waals surface area (Å²) in [6, 6.07) is 12.7. The Morgan fingerprint density at radius 1 is 1.04 bits per heavy atom. The van der Waals surface area contributed by atoms with E-state index in [4.69, 9.17) is 16.3 Å². The van der Waals surface area contributed by atoms with Gasteiger partial charge in [-0.05, 0) is 55.0 Å². The van der Waals surface area contributed by atoms with E-state index in [9.17, 15) is 18.0 Å². The molecular formula is C19H18ClNO5S. The molecule has 2 aromatic rings. The molecule has 1 aliphatic rings. The van der Waals surface area contributed by atoms with E-state index >= 15 is 0 Å². The Hall–Kier alpha value is -2.38. The van der Waals surface area contributed by atoms with Crippen LogP contribution < -0.4 is 10.1 Å². The summed E-state index contributed by atoms with van der Waals surface area (Å²) in [4.78, 5) is 24.3. The molecule has 1 fully saturated rings. The molecule has 0 saturated carbocycles. The van der Waals surface area contributed by atoms with Gasteiger partial charge in [0.1, 0.15) is 5.75 Å². The molecule has 1 N–H and O–H groups in total. The first-order valence-electron chi connectivity index (χ1n) is 8.35. The maximum atomic E-state index is 12.4. The summed E-state index contributed by atoms with van der Waals surface area (Å²) in [5, 5.41) is 3.21. The van der Waals surface area contributed by atoms with Gasteiger partial charge in [0.05, 0.1) is 11.5 Å². The van der Waals surface area contributed by atoms with Gasteiger partial charge in [0.25, 0.3) is 5.91 Å². The lowest BCUT2D eigenvalue weighted by Gasteiger charge is -2.11.